The molecule has 0 atom stereocenters. The number of carboxylic acids is 1. The van der Waals surface area contributed by atoms with Gasteiger partial charge in [-0.15, -0.1) is 0 Å². The fourth-order valence-corrected chi connectivity index (χ4v) is 2.39. The molecule has 25 heavy (non-hydrogen) atoms. The number of carboxylic acid groups (broad SMARTS) is 1. The van der Waals surface area contributed by atoms with Gasteiger partial charge in [-0.3, -0.25) is 4.79 Å². The molecule has 0 aliphatic heterocycles. The van der Waals surface area contributed by atoms with E-state index in [0.717, 1.165) is 12.8 Å². The molecule has 0 saturated heterocycles. The number of carbonyl (C=O) groups is 2. The lowest BCUT2D eigenvalue weighted by Gasteiger charge is -2.12. The van der Waals surface area contributed by atoms with E-state index in [2.05, 4.69) is 10.4 Å². The Morgan fingerprint density at radius 1 is 1.24 bits per heavy atom. The van der Waals surface area contributed by atoms with E-state index in [1.165, 1.54) is 24.3 Å². The van der Waals surface area contributed by atoms with Gasteiger partial charge in [0.2, 0.25) is 0 Å². The van der Waals surface area contributed by atoms with E-state index < -0.39 is 23.4 Å². The summed E-state index contributed by atoms with van der Waals surface area (Å²) >= 11 is 0. The molecule has 3 rings (SSSR count). The number of carbonyl (C=O) groups excluding carboxylic acids is 1. The smallest absolute Gasteiger partial charge is 0.434 e. The molecule has 1 amide bonds. The van der Waals surface area contributed by atoms with Crippen LogP contribution in [0.15, 0.2) is 30.5 Å². The highest BCUT2D eigenvalue weighted by Crippen LogP contribution is 2.33. The van der Waals surface area contributed by atoms with Crippen LogP contribution in [0, 0.1) is 5.92 Å². The average molecular weight is 353 g/mol. The predicted molar refractivity (Wildman–Crippen MR) is 80.6 cm³/mol. The molecule has 9 heteroatoms. The van der Waals surface area contributed by atoms with E-state index in [9.17, 15) is 22.8 Å². The number of hydrogen-bond donors (Lipinski definition) is 2. The minimum Gasteiger partial charge on any atom is -0.478 e. The van der Waals surface area contributed by atoms with Gasteiger partial charge in [-0.2, -0.15) is 18.3 Å². The highest BCUT2D eigenvalue weighted by atomic mass is 19.4. The zero-order valence-electron chi connectivity index (χ0n) is 12.9. The van der Waals surface area contributed by atoms with E-state index in [-0.39, 0.29) is 11.6 Å². The van der Waals surface area contributed by atoms with Crippen molar-refractivity contribution in [1.82, 2.24) is 15.1 Å². The van der Waals surface area contributed by atoms with Crippen molar-refractivity contribution in [2.45, 2.75) is 19.0 Å². The molecule has 1 aromatic carbocycles. The van der Waals surface area contributed by atoms with Gasteiger partial charge < -0.3 is 10.4 Å². The summed E-state index contributed by atoms with van der Waals surface area (Å²) < 4.78 is 40.1. The van der Waals surface area contributed by atoms with Crippen LogP contribution < -0.4 is 5.32 Å². The molecule has 0 bridgehead atoms. The van der Waals surface area contributed by atoms with Crippen LogP contribution in [0.1, 0.15) is 39.3 Å². The summed E-state index contributed by atoms with van der Waals surface area (Å²) in [5, 5.41) is 15.2. The number of amides is 1. The number of nitrogens with one attached hydrogen (secondary N) is 1. The number of alkyl halides is 3. The summed E-state index contributed by atoms with van der Waals surface area (Å²) in [5.41, 5.74) is -1.98. The summed E-state index contributed by atoms with van der Waals surface area (Å²) in [5.74, 6) is -1.51. The van der Waals surface area contributed by atoms with E-state index in [1.807, 2.05) is 0 Å². The fourth-order valence-electron chi connectivity index (χ4n) is 2.39. The molecular formula is C16H14F3N3O3. The Bertz CT molecular complexity index is 808. The number of halogens is 3. The maximum Gasteiger partial charge on any atom is 0.434 e. The van der Waals surface area contributed by atoms with Crippen molar-refractivity contribution in [3.05, 3.63) is 47.3 Å². The van der Waals surface area contributed by atoms with Gasteiger partial charge in [0.25, 0.3) is 5.91 Å². The Morgan fingerprint density at radius 3 is 2.40 bits per heavy atom. The summed E-state index contributed by atoms with van der Waals surface area (Å²) in [6, 6.07) is 5.33. The number of aromatic carboxylic acids is 1. The van der Waals surface area contributed by atoms with Crippen molar-refractivity contribution in [2.75, 3.05) is 6.54 Å². The molecule has 0 unspecified atom stereocenters. The molecule has 0 spiro atoms. The number of benzene rings is 1. The summed E-state index contributed by atoms with van der Waals surface area (Å²) in [7, 11) is 0. The lowest BCUT2D eigenvalue weighted by molar-refractivity contribution is -0.143. The number of aromatic nitrogens is 2. The zero-order valence-corrected chi connectivity index (χ0v) is 12.9. The van der Waals surface area contributed by atoms with Crippen molar-refractivity contribution in [1.29, 1.82) is 0 Å². The molecule has 1 aliphatic rings. The van der Waals surface area contributed by atoms with E-state index in [0.29, 0.717) is 28.9 Å². The Balaban J connectivity index is 1.87. The van der Waals surface area contributed by atoms with Gasteiger partial charge in [-0.1, -0.05) is 0 Å². The van der Waals surface area contributed by atoms with E-state index >= 15 is 0 Å². The Hall–Kier alpha value is -2.84. The number of nitrogens with zero attached hydrogens (tertiary/aromatic N) is 2. The Kier molecular flexibility index (Phi) is 4.23. The summed E-state index contributed by atoms with van der Waals surface area (Å²) in [6.45, 7) is 0.583. The first kappa shape index (κ1) is 17.0. The first-order valence-corrected chi connectivity index (χ1v) is 7.54. The van der Waals surface area contributed by atoms with Crippen LogP contribution in [0.3, 0.4) is 0 Å². The zero-order chi connectivity index (χ0) is 18.2. The maximum atomic E-state index is 13.2. The van der Waals surface area contributed by atoms with Gasteiger partial charge in [0.1, 0.15) is 5.56 Å². The highest BCUT2D eigenvalue weighted by Gasteiger charge is 2.40. The standard InChI is InChI=1S/C16H14F3N3O3/c17-16(18,19)13-12(15(24)25)8-21-22(13)11-5-3-10(4-6-11)14(23)20-7-9-1-2-9/h3-6,8-9H,1-2,7H2,(H,20,23)(H,24,25). The fraction of sp³-hybridized carbons (Fsp3) is 0.312. The van der Waals surface area contributed by atoms with Crippen molar-refractivity contribution in [3.63, 3.8) is 0 Å². The molecule has 2 N–H and O–H groups in total. The molecule has 6 nitrogen and oxygen atoms in total. The largest absolute Gasteiger partial charge is 0.478 e. The molecule has 1 aliphatic carbocycles. The Labute approximate surface area is 140 Å². The first-order valence-electron chi connectivity index (χ1n) is 7.54. The second-order valence-corrected chi connectivity index (χ2v) is 5.82. The minimum atomic E-state index is -4.88. The molecule has 1 heterocycles. The molecule has 0 radical (unpaired) electrons. The third-order valence-electron chi connectivity index (χ3n) is 3.89. The third-order valence-corrected chi connectivity index (χ3v) is 3.89. The predicted octanol–water partition coefficient (Wildman–Crippen LogP) is 2.73. The molecule has 1 saturated carbocycles. The van der Waals surface area contributed by atoms with Crippen LogP contribution in [0.4, 0.5) is 13.2 Å². The van der Waals surface area contributed by atoms with Crippen LogP contribution in [-0.2, 0) is 6.18 Å². The second-order valence-electron chi connectivity index (χ2n) is 5.82. The molecular weight excluding hydrogens is 339 g/mol. The van der Waals surface area contributed by atoms with Crippen molar-refractivity contribution in [3.8, 4) is 5.69 Å². The SMILES string of the molecule is O=C(NCC1CC1)c1ccc(-n2ncc(C(=O)O)c2C(F)(F)F)cc1. The lowest BCUT2D eigenvalue weighted by Crippen LogP contribution is -2.25. The van der Waals surface area contributed by atoms with Crippen molar-refractivity contribution in [2.24, 2.45) is 5.92 Å². The maximum absolute atomic E-state index is 13.2. The van der Waals surface area contributed by atoms with Gasteiger partial charge in [0.15, 0.2) is 5.69 Å². The van der Waals surface area contributed by atoms with Gasteiger partial charge >= 0.3 is 12.1 Å². The van der Waals surface area contributed by atoms with E-state index in [1.54, 1.807) is 0 Å². The first-order chi connectivity index (χ1) is 11.8. The highest BCUT2D eigenvalue weighted by molar-refractivity contribution is 5.94. The van der Waals surface area contributed by atoms with Crippen LogP contribution in [-0.4, -0.2) is 33.3 Å². The third kappa shape index (κ3) is 3.65. The van der Waals surface area contributed by atoms with Crippen LogP contribution in [0.2, 0.25) is 0 Å². The Morgan fingerprint density at radius 2 is 1.88 bits per heavy atom. The topological polar surface area (TPSA) is 84.2 Å². The quantitative estimate of drug-likeness (QED) is 0.866. The number of rotatable bonds is 5. The minimum absolute atomic E-state index is 0.0126. The van der Waals surface area contributed by atoms with Gasteiger partial charge in [-0.05, 0) is 43.0 Å². The van der Waals surface area contributed by atoms with Gasteiger partial charge in [0.05, 0.1) is 11.9 Å². The normalized spacial score (nSPS) is 14.4. The van der Waals surface area contributed by atoms with Gasteiger partial charge in [-0.25, -0.2) is 9.48 Å². The monoisotopic (exact) mass is 353 g/mol. The van der Waals surface area contributed by atoms with Crippen LogP contribution >= 0.6 is 0 Å². The van der Waals surface area contributed by atoms with Crippen LogP contribution in [0.25, 0.3) is 5.69 Å². The van der Waals surface area contributed by atoms with Crippen molar-refractivity contribution < 1.29 is 27.9 Å². The van der Waals surface area contributed by atoms with Gasteiger partial charge in [0, 0.05) is 12.1 Å². The summed E-state index contributed by atoms with van der Waals surface area (Å²) in [4.78, 5) is 22.9. The lowest BCUT2D eigenvalue weighted by atomic mass is 10.2. The number of hydrogen-bond acceptors (Lipinski definition) is 3. The summed E-state index contributed by atoms with van der Waals surface area (Å²) in [6.07, 6.45) is -2.05. The molecule has 132 valence electrons. The van der Waals surface area contributed by atoms with Crippen LogP contribution in [0.5, 0.6) is 0 Å². The molecule has 2 aromatic rings. The average Bonchev–Trinajstić information content (AvgIpc) is 3.26. The van der Waals surface area contributed by atoms with Crippen molar-refractivity contribution >= 4 is 11.9 Å². The van der Waals surface area contributed by atoms with E-state index in [4.69, 9.17) is 5.11 Å². The molecule has 1 fully saturated rings. The second kappa shape index (κ2) is 6.23. The molecule has 1 aromatic heterocycles.